The number of nitrogens with zero attached hydrogens (tertiary/aromatic N) is 4. The van der Waals surface area contributed by atoms with Gasteiger partial charge in [0.25, 0.3) is 11.3 Å². The number of urea groups is 2. The number of benzene rings is 4. The summed E-state index contributed by atoms with van der Waals surface area (Å²) in [5.41, 5.74) is 1.09. The Morgan fingerprint density at radius 1 is 0.520 bits per heavy atom. The third-order valence-corrected chi connectivity index (χ3v) is 9.98. The van der Waals surface area contributed by atoms with E-state index in [1.54, 1.807) is 0 Å². The second-order valence-electron chi connectivity index (χ2n) is 12.4. The second-order valence-corrected chi connectivity index (χ2v) is 12.4. The van der Waals surface area contributed by atoms with Crippen LogP contribution in [0.4, 0.5) is 9.59 Å². The first-order chi connectivity index (χ1) is 24.4. The average Bonchev–Trinajstić information content (AvgIpc) is 3.31. The minimum atomic E-state index is -2.23. The highest BCUT2D eigenvalue weighted by molar-refractivity contribution is 6.09. The molecule has 246 valence electrons. The first-order valence-electron chi connectivity index (χ1n) is 16.1. The maximum absolute atomic E-state index is 15.0. The quantitative estimate of drug-likeness (QED) is 0.233. The Balaban J connectivity index is 1.34. The van der Waals surface area contributed by atoms with Gasteiger partial charge in [-0.3, -0.25) is 19.6 Å². The number of carbonyl (C=O) groups excluding carboxylic acids is 4. The van der Waals surface area contributed by atoms with Crippen LogP contribution >= 0.6 is 0 Å². The molecular weight excluding hydrogens is 632 g/mol. The van der Waals surface area contributed by atoms with Crippen molar-refractivity contribution in [1.29, 1.82) is 0 Å². The van der Waals surface area contributed by atoms with Gasteiger partial charge in [0.05, 0.1) is 40.4 Å². The summed E-state index contributed by atoms with van der Waals surface area (Å²) in [5, 5.41) is 0. The molecule has 0 saturated carbocycles. The normalized spacial score (nSPS) is 21.0. The van der Waals surface area contributed by atoms with Crippen molar-refractivity contribution in [3.05, 3.63) is 142 Å². The Morgan fingerprint density at radius 3 is 1.28 bits per heavy atom. The number of hydrogen-bond donors (Lipinski definition) is 0. The fraction of sp³-hybridized carbons (Fsp3) is 0.200. The van der Waals surface area contributed by atoms with Crippen LogP contribution in [-0.4, -0.2) is 69.1 Å². The van der Waals surface area contributed by atoms with Crippen LogP contribution in [0.3, 0.4) is 0 Å². The molecule has 4 aromatic rings. The molecule has 50 heavy (non-hydrogen) atoms. The fourth-order valence-corrected chi connectivity index (χ4v) is 7.78. The Hall–Kier alpha value is -6.52. The third kappa shape index (κ3) is 4.12. The number of amides is 4. The van der Waals surface area contributed by atoms with Crippen LogP contribution in [-0.2, 0) is 45.2 Å². The van der Waals surface area contributed by atoms with E-state index in [0.29, 0.717) is 33.4 Å². The number of rotatable bonds is 2. The average molecular weight is 663 g/mol. The summed E-state index contributed by atoms with van der Waals surface area (Å²) in [5.74, 6) is 10.9. The molecule has 4 amide bonds. The van der Waals surface area contributed by atoms with Gasteiger partial charge in [-0.05, 0) is 58.7 Å². The smallest absolute Gasteiger partial charge is 0.358 e. The van der Waals surface area contributed by atoms with Crippen molar-refractivity contribution in [1.82, 2.24) is 19.6 Å². The third-order valence-electron chi connectivity index (χ3n) is 9.98. The lowest BCUT2D eigenvalue weighted by molar-refractivity contribution is -0.188. The van der Waals surface area contributed by atoms with Gasteiger partial charge >= 0.3 is 24.0 Å². The van der Waals surface area contributed by atoms with E-state index in [0.717, 1.165) is 11.1 Å². The Kier molecular flexibility index (Phi) is 7.13. The monoisotopic (exact) mass is 662 g/mol. The highest BCUT2D eigenvalue weighted by atomic mass is 16.5. The summed E-state index contributed by atoms with van der Waals surface area (Å²) in [7, 11) is 2.37. The van der Waals surface area contributed by atoms with Gasteiger partial charge in [0.15, 0.2) is 0 Å². The summed E-state index contributed by atoms with van der Waals surface area (Å²) in [6, 6.07) is 28.7. The minimum absolute atomic E-state index is 0.0908. The van der Waals surface area contributed by atoms with Crippen LogP contribution in [0, 0.1) is 23.7 Å². The van der Waals surface area contributed by atoms with Gasteiger partial charge in [-0.2, -0.15) is 0 Å². The number of hydrogen-bond acceptors (Lipinski definition) is 6. The lowest BCUT2D eigenvalue weighted by atomic mass is 9.90. The molecule has 0 radical (unpaired) electrons. The van der Waals surface area contributed by atoms with E-state index >= 15 is 4.79 Å². The molecule has 4 aliphatic rings. The van der Waals surface area contributed by atoms with Crippen LogP contribution in [0.15, 0.2) is 97.1 Å². The summed E-state index contributed by atoms with van der Waals surface area (Å²) in [6.45, 7) is -0.435. The van der Waals surface area contributed by atoms with Crippen molar-refractivity contribution >= 4 is 24.0 Å². The van der Waals surface area contributed by atoms with Gasteiger partial charge in [-0.15, -0.1) is 0 Å². The predicted molar refractivity (Wildman–Crippen MR) is 180 cm³/mol. The zero-order chi connectivity index (χ0) is 34.6. The molecule has 0 aliphatic carbocycles. The number of fused-ring (bicyclic) bond motifs is 2. The van der Waals surface area contributed by atoms with Crippen molar-refractivity contribution in [3.63, 3.8) is 0 Å². The largest absolute Gasteiger partial charge is 0.466 e. The molecule has 4 aliphatic heterocycles. The van der Waals surface area contributed by atoms with Gasteiger partial charge in [-0.1, -0.05) is 84.3 Å². The van der Waals surface area contributed by atoms with Crippen molar-refractivity contribution < 1.29 is 28.7 Å². The maximum atomic E-state index is 15.0. The number of esters is 2. The number of methoxy groups -OCH3 is 2. The molecule has 8 rings (SSSR count). The first-order valence-corrected chi connectivity index (χ1v) is 16.1. The van der Waals surface area contributed by atoms with Crippen LogP contribution in [0.25, 0.3) is 0 Å². The van der Waals surface area contributed by atoms with E-state index in [2.05, 4.69) is 23.7 Å². The lowest BCUT2D eigenvalue weighted by Gasteiger charge is -2.43. The molecule has 2 saturated heterocycles. The van der Waals surface area contributed by atoms with E-state index in [4.69, 9.17) is 9.47 Å². The Bertz CT molecular complexity index is 2080. The molecule has 2 fully saturated rings. The fourth-order valence-electron chi connectivity index (χ4n) is 7.78. The van der Waals surface area contributed by atoms with Gasteiger partial charge in [0.1, 0.15) is 0 Å². The molecule has 0 spiro atoms. The van der Waals surface area contributed by atoms with E-state index in [1.165, 1.54) is 33.8 Å². The molecule has 4 heterocycles. The van der Waals surface area contributed by atoms with E-state index < -0.39 is 35.3 Å². The molecule has 0 bridgehead atoms. The summed E-state index contributed by atoms with van der Waals surface area (Å²) in [4.78, 5) is 63.9. The molecule has 2 unspecified atom stereocenters. The van der Waals surface area contributed by atoms with Gasteiger partial charge in [0.2, 0.25) is 0 Å². The van der Waals surface area contributed by atoms with Gasteiger partial charge in [-0.25, -0.2) is 19.2 Å². The number of ether oxygens (including phenoxy) is 2. The van der Waals surface area contributed by atoms with Crippen molar-refractivity contribution in [2.45, 2.75) is 37.5 Å². The summed E-state index contributed by atoms with van der Waals surface area (Å²) >= 11 is 0. The van der Waals surface area contributed by atoms with E-state index in [1.807, 2.05) is 97.1 Å². The molecule has 4 aromatic carbocycles. The second kappa shape index (κ2) is 11.6. The maximum Gasteiger partial charge on any atom is 0.358 e. The molecule has 0 N–H and O–H groups in total. The van der Waals surface area contributed by atoms with Crippen LogP contribution in [0.5, 0.6) is 0 Å². The van der Waals surface area contributed by atoms with Crippen molar-refractivity contribution in [2.24, 2.45) is 0 Å². The topological polar surface area (TPSA) is 99.7 Å². The lowest BCUT2D eigenvalue weighted by Crippen LogP contribution is -2.74. The van der Waals surface area contributed by atoms with Crippen molar-refractivity contribution in [3.8, 4) is 23.7 Å². The summed E-state index contributed by atoms with van der Waals surface area (Å²) < 4.78 is 10.9. The van der Waals surface area contributed by atoms with Gasteiger partial charge < -0.3 is 9.47 Å². The molecule has 0 aromatic heterocycles. The zero-order valence-corrected chi connectivity index (χ0v) is 27.3. The number of carbonyl (C=O) groups is 4. The van der Waals surface area contributed by atoms with E-state index in [9.17, 15) is 14.4 Å². The minimum Gasteiger partial charge on any atom is -0.466 e. The van der Waals surface area contributed by atoms with Gasteiger partial charge in [0, 0.05) is 22.3 Å². The van der Waals surface area contributed by atoms with Crippen molar-refractivity contribution in [2.75, 3.05) is 14.2 Å². The Labute approximate surface area is 288 Å². The van der Waals surface area contributed by atoms with Crippen LogP contribution in [0.2, 0.25) is 0 Å². The Morgan fingerprint density at radius 2 is 0.900 bits per heavy atom. The van der Waals surface area contributed by atoms with Crippen LogP contribution in [0.1, 0.15) is 44.5 Å². The highest BCUT2D eigenvalue weighted by Crippen LogP contribution is 2.57. The van der Waals surface area contributed by atoms with E-state index in [-0.39, 0.29) is 26.2 Å². The SMILES string of the molecule is COC(=O)C12N3Cc4cccc(C#Cc5ccccc5)c4CN1C(=O)N1Cc4c(C#Cc5ccccc5)cccc4CN(C3=O)C12C(=O)OC. The first kappa shape index (κ1) is 30.8. The summed E-state index contributed by atoms with van der Waals surface area (Å²) in [6.07, 6.45) is 0. The highest BCUT2D eigenvalue weighted by Gasteiger charge is 2.87. The molecule has 10 heteroatoms. The molecule has 2 atom stereocenters. The predicted octanol–water partition coefficient (Wildman–Crippen LogP) is 4.43. The molecule has 10 nitrogen and oxygen atoms in total. The standard InChI is InChI=1S/C40H30N4O6/c1-49-35(45)39-40(36(46)50-2)42-24-32-18-10-16-30(22-20-28-13-7-4-8-14-28)34(32)26-44(40)38(48)43(39)25-33-29(21-19-27-11-5-3-6-12-27)15-9-17-31(33)23-41(39)37(42)47/h3-18H,23-26H2,1-2H3. The van der Waals surface area contributed by atoms with Crippen LogP contribution < -0.4 is 0 Å². The molecular formula is C40H30N4O6. The zero-order valence-electron chi connectivity index (χ0n) is 27.3.